The number of methoxy groups -OCH3 is 1. The molecule has 0 aliphatic rings. The molecule has 0 amide bonds. The number of benzene rings is 1. The molecule has 0 aliphatic carbocycles. The van der Waals surface area contributed by atoms with Crippen LogP contribution in [0.2, 0.25) is 0 Å². The van der Waals surface area contributed by atoms with Crippen LogP contribution in [0.4, 0.5) is 17.5 Å². The quantitative estimate of drug-likeness (QED) is 0.350. The fourth-order valence-electron chi connectivity index (χ4n) is 2.43. The van der Waals surface area contributed by atoms with Crippen LogP contribution in [0.25, 0.3) is 0 Å². The molecule has 164 valence electrons. The number of anilines is 3. The highest BCUT2D eigenvalue weighted by Gasteiger charge is 2.24. The van der Waals surface area contributed by atoms with Gasteiger partial charge in [-0.15, -0.1) is 0 Å². The first-order chi connectivity index (χ1) is 14.1. The molecule has 12 heteroatoms. The molecule has 1 atom stereocenters. The molecule has 0 radical (unpaired) electrons. The second-order valence-electron chi connectivity index (χ2n) is 6.57. The van der Waals surface area contributed by atoms with Gasteiger partial charge in [0.2, 0.25) is 5.95 Å². The fraction of sp³-hybridized carbons (Fsp3) is 0.389. The largest absolute Gasteiger partial charge is 0.467 e. The van der Waals surface area contributed by atoms with Crippen LogP contribution in [0, 0.1) is 5.92 Å². The normalized spacial score (nSPS) is 12.7. The van der Waals surface area contributed by atoms with Crippen LogP contribution in [0.5, 0.6) is 0 Å². The zero-order chi connectivity index (χ0) is 22.5. The standard InChI is InChI=1S/C18H24BrN5O5S/c1-5-24(26)30(27,28)13-8-6-12(7-9-13)21-18-20-10-14(19)16(23-18)22-15(11(2)3)17(25)29-4/h6-11,15,26H,5H2,1-4H3,(H2,20,21,22,23). The van der Waals surface area contributed by atoms with Crippen LogP contribution in [-0.2, 0) is 19.6 Å². The number of rotatable bonds is 9. The number of carbonyl (C=O) groups is 1. The Balaban J connectivity index is 2.22. The number of carbonyl (C=O) groups excluding carboxylic acids is 1. The SMILES string of the molecule is CCN(O)S(=O)(=O)c1ccc(Nc2ncc(Br)c(NC(C(=O)OC)C(C)C)n2)cc1. The molecule has 2 rings (SSSR count). The van der Waals surface area contributed by atoms with Crippen LogP contribution in [0.1, 0.15) is 20.8 Å². The molecule has 0 saturated carbocycles. The van der Waals surface area contributed by atoms with Gasteiger partial charge in [0.25, 0.3) is 10.0 Å². The molecule has 1 unspecified atom stereocenters. The van der Waals surface area contributed by atoms with E-state index in [0.29, 0.717) is 16.0 Å². The first-order valence-corrected chi connectivity index (χ1v) is 11.3. The lowest BCUT2D eigenvalue weighted by atomic mass is 10.0. The van der Waals surface area contributed by atoms with Crippen molar-refractivity contribution in [3.05, 3.63) is 34.9 Å². The molecule has 2 aromatic rings. The lowest BCUT2D eigenvalue weighted by Crippen LogP contribution is -2.36. The third-order valence-corrected chi connectivity index (χ3v) is 6.38. The number of aromatic nitrogens is 2. The van der Waals surface area contributed by atoms with Gasteiger partial charge >= 0.3 is 5.97 Å². The molecule has 10 nitrogen and oxygen atoms in total. The second kappa shape index (κ2) is 10.2. The molecule has 1 aromatic carbocycles. The molecule has 0 aliphatic heterocycles. The minimum absolute atomic E-state index is 0.0422. The molecule has 30 heavy (non-hydrogen) atoms. The highest BCUT2D eigenvalue weighted by atomic mass is 79.9. The maximum absolute atomic E-state index is 12.1. The van der Waals surface area contributed by atoms with E-state index in [-0.39, 0.29) is 27.8 Å². The van der Waals surface area contributed by atoms with Gasteiger partial charge < -0.3 is 15.4 Å². The Morgan fingerprint density at radius 1 is 1.30 bits per heavy atom. The molecular weight excluding hydrogens is 478 g/mol. The van der Waals surface area contributed by atoms with E-state index in [9.17, 15) is 18.4 Å². The highest BCUT2D eigenvalue weighted by Crippen LogP contribution is 2.25. The maximum atomic E-state index is 12.1. The van der Waals surface area contributed by atoms with Crippen molar-refractivity contribution in [2.45, 2.75) is 31.7 Å². The van der Waals surface area contributed by atoms with E-state index in [1.807, 2.05) is 13.8 Å². The number of nitrogens with zero attached hydrogens (tertiary/aromatic N) is 3. The molecule has 0 bridgehead atoms. The first kappa shape index (κ1) is 24.0. The van der Waals surface area contributed by atoms with Gasteiger partial charge in [-0.05, 0) is 53.0 Å². The lowest BCUT2D eigenvalue weighted by Gasteiger charge is -2.21. The summed E-state index contributed by atoms with van der Waals surface area (Å²) >= 11 is 3.35. The van der Waals surface area contributed by atoms with Gasteiger partial charge in [0.15, 0.2) is 0 Å². The topological polar surface area (TPSA) is 134 Å². The highest BCUT2D eigenvalue weighted by molar-refractivity contribution is 9.10. The summed E-state index contributed by atoms with van der Waals surface area (Å²) in [5.74, 6) is 0.182. The van der Waals surface area contributed by atoms with Crippen molar-refractivity contribution in [1.29, 1.82) is 0 Å². The van der Waals surface area contributed by atoms with Gasteiger partial charge in [-0.25, -0.2) is 18.2 Å². The Labute approximate surface area is 183 Å². The van der Waals surface area contributed by atoms with Crippen molar-refractivity contribution >= 4 is 49.4 Å². The number of nitrogens with one attached hydrogen (secondary N) is 2. The number of hydrogen-bond donors (Lipinski definition) is 3. The Hall–Kier alpha value is -2.28. The van der Waals surface area contributed by atoms with Crippen LogP contribution < -0.4 is 10.6 Å². The number of sulfonamides is 1. The fourth-order valence-corrected chi connectivity index (χ4v) is 3.80. The summed E-state index contributed by atoms with van der Waals surface area (Å²) in [6, 6.07) is 5.18. The van der Waals surface area contributed by atoms with E-state index in [4.69, 9.17) is 4.74 Å². The summed E-state index contributed by atoms with van der Waals surface area (Å²) in [5, 5.41) is 15.5. The van der Waals surface area contributed by atoms with Crippen molar-refractivity contribution in [2.24, 2.45) is 5.92 Å². The zero-order valence-electron chi connectivity index (χ0n) is 17.0. The molecule has 3 N–H and O–H groups in total. The number of ether oxygens (including phenoxy) is 1. The zero-order valence-corrected chi connectivity index (χ0v) is 19.4. The number of hydrogen-bond acceptors (Lipinski definition) is 9. The van der Waals surface area contributed by atoms with E-state index in [1.54, 1.807) is 0 Å². The minimum Gasteiger partial charge on any atom is -0.467 e. The molecule has 0 spiro atoms. The minimum atomic E-state index is -3.95. The molecule has 1 aromatic heterocycles. The van der Waals surface area contributed by atoms with Crippen molar-refractivity contribution in [3.63, 3.8) is 0 Å². The van der Waals surface area contributed by atoms with Crippen molar-refractivity contribution in [3.8, 4) is 0 Å². The Morgan fingerprint density at radius 3 is 2.47 bits per heavy atom. The molecular formula is C18H24BrN5O5S. The predicted octanol–water partition coefficient (Wildman–Crippen LogP) is 2.99. The Kier molecular flexibility index (Phi) is 8.12. The summed E-state index contributed by atoms with van der Waals surface area (Å²) in [6.45, 7) is 5.22. The van der Waals surface area contributed by atoms with Gasteiger partial charge in [0, 0.05) is 18.4 Å². The van der Waals surface area contributed by atoms with Crippen LogP contribution >= 0.6 is 15.9 Å². The Morgan fingerprint density at radius 2 is 1.93 bits per heavy atom. The third-order valence-electron chi connectivity index (χ3n) is 4.11. The number of esters is 1. The monoisotopic (exact) mass is 501 g/mol. The molecule has 0 fully saturated rings. The van der Waals surface area contributed by atoms with Crippen molar-refractivity contribution in [1.82, 2.24) is 14.4 Å². The van der Waals surface area contributed by atoms with Crippen molar-refractivity contribution < 1.29 is 23.2 Å². The van der Waals surface area contributed by atoms with Crippen LogP contribution in [0.15, 0.2) is 39.8 Å². The van der Waals surface area contributed by atoms with E-state index in [2.05, 4.69) is 36.5 Å². The number of halogens is 1. The van der Waals surface area contributed by atoms with Gasteiger partial charge in [-0.1, -0.05) is 18.3 Å². The summed E-state index contributed by atoms with van der Waals surface area (Å²) in [7, 11) is -2.63. The van der Waals surface area contributed by atoms with E-state index in [1.165, 1.54) is 44.5 Å². The molecule has 0 saturated heterocycles. The molecule has 1 heterocycles. The van der Waals surface area contributed by atoms with Gasteiger partial charge in [-0.3, -0.25) is 5.21 Å². The van der Waals surface area contributed by atoms with E-state index < -0.39 is 22.0 Å². The predicted molar refractivity (Wildman–Crippen MR) is 115 cm³/mol. The first-order valence-electron chi connectivity index (χ1n) is 9.05. The summed E-state index contributed by atoms with van der Waals surface area (Å²) in [5.41, 5.74) is 0.539. The van der Waals surface area contributed by atoms with Gasteiger partial charge in [-0.2, -0.15) is 4.98 Å². The average molecular weight is 502 g/mol. The van der Waals surface area contributed by atoms with Crippen molar-refractivity contribution in [2.75, 3.05) is 24.3 Å². The Bertz CT molecular complexity index is 985. The van der Waals surface area contributed by atoms with Crippen LogP contribution in [0.3, 0.4) is 0 Å². The lowest BCUT2D eigenvalue weighted by molar-refractivity contribution is -0.142. The smallest absolute Gasteiger partial charge is 0.328 e. The average Bonchev–Trinajstić information content (AvgIpc) is 2.72. The summed E-state index contributed by atoms with van der Waals surface area (Å²) < 4.78 is 29.9. The van der Waals surface area contributed by atoms with Gasteiger partial charge in [0.1, 0.15) is 11.9 Å². The second-order valence-corrected chi connectivity index (χ2v) is 9.27. The van der Waals surface area contributed by atoms with E-state index in [0.717, 1.165) is 0 Å². The van der Waals surface area contributed by atoms with Gasteiger partial charge in [0.05, 0.1) is 16.5 Å². The number of hydroxylamine groups is 1. The summed E-state index contributed by atoms with van der Waals surface area (Å²) in [6.07, 6.45) is 1.52. The van der Waals surface area contributed by atoms with Crippen LogP contribution in [-0.4, -0.2) is 53.7 Å². The van der Waals surface area contributed by atoms with E-state index >= 15 is 0 Å². The summed E-state index contributed by atoms with van der Waals surface area (Å²) in [4.78, 5) is 20.5. The third kappa shape index (κ3) is 5.65. The maximum Gasteiger partial charge on any atom is 0.328 e.